The minimum Gasteiger partial charge on any atom is -0.465 e. The van der Waals surface area contributed by atoms with Crippen LogP contribution in [-0.2, 0) is 4.74 Å². The maximum absolute atomic E-state index is 11.2. The Bertz CT molecular complexity index is 479. The first kappa shape index (κ1) is 8.69. The zero-order valence-corrected chi connectivity index (χ0v) is 7.65. The highest BCUT2D eigenvalue weighted by Gasteiger charge is 2.06. The second kappa shape index (κ2) is 3.46. The predicted octanol–water partition coefficient (Wildman–Crippen LogP) is 1.82. The lowest BCUT2D eigenvalue weighted by atomic mass is 10.2. The molecule has 0 N–H and O–H groups in total. The van der Waals surface area contributed by atoms with Crippen molar-refractivity contribution in [2.75, 3.05) is 7.11 Å². The smallest absolute Gasteiger partial charge is 0.340 e. The Kier molecular flexibility index (Phi) is 2.14. The number of nitrogens with zero attached hydrogens (tertiary/aromatic N) is 1. The zero-order valence-electron chi connectivity index (χ0n) is 7.65. The van der Waals surface area contributed by atoms with Crippen molar-refractivity contribution in [2.45, 2.75) is 0 Å². The molecule has 0 aliphatic heterocycles. The van der Waals surface area contributed by atoms with Gasteiger partial charge in [0.2, 0.25) is 0 Å². The van der Waals surface area contributed by atoms with Gasteiger partial charge in [-0.1, -0.05) is 18.2 Å². The molecular weight excluding hydrogens is 178 g/mol. The number of hydrogen-bond acceptors (Lipinski definition) is 3. The summed E-state index contributed by atoms with van der Waals surface area (Å²) in [4.78, 5) is 15.3. The Morgan fingerprint density at radius 3 is 3.00 bits per heavy atom. The molecule has 0 atom stereocenters. The molecule has 0 saturated carbocycles. The normalized spacial score (nSPS) is 10.1. The number of pyridine rings is 1. The topological polar surface area (TPSA) is 39.2 Å². The summed E-state index contributed by atoms with van der Waals surface area (Å²) in [5.74, 6) is -0.414. The van der Waals surface area contributed by atoms with E-state index in [2.05, 4.69) is 15.8 Å². The van der Waals surface area contributed by atoms with E-state index in [1.807, 2.05) is 24.3 Å². The summed E-state index contributed by atoms with van der Waals surface area (Å²) in [5, 5.41) is 0.815. The summed E-state index contributed by atoms with van der Waals surface area (Å²) in [6.07, 6.45) is 1.47. The lowest BCUT2D eigenvalue weighted by Gasteiger charge is -1.99. The van der Waals surface area contributed by atoms with Crippen molar-refractivity contribution in [3.05, 3.63) is 42.1 Å². The number of ether oxygens (including phenoxy) is 1. The first-order valence-corrected chi connectivity index (χ1v) is 4.16. The molecular formula is C11H8NO2. The molecule has 14 heavy (non-hydrogen) atoms. The number of carbonyl (C=O) groups is 1. The Morgan fingerprint density at radius 2 is 2.21 bits per heavy atom. The van der Waals surface area contributed by atoms with Gasteiger partial charge >= 0.3 is 5.97 Å². The molecule has 0 bridgehead atoms. The Balaban J connectivity index is 2.56. The molecule has 0 spiro atoms. The van der Waals surface area contributed by atoms with E-state index in [1.165, 1.54) is 13.3 Å². The van der Waals surface area contributed by atoms with E-state index in [9.17, 15) is 4.79 Å². The average Bonchev–Trinajstić information content (AvgIpc) is 2.27. The highest BCUT2D eigenvalue weighted by Crippen LogP contribution is 2.12. The van der Waals surface area contributed by atoms with E-state index in [4.69, 9.17) is 0 Å². The van der Waals surface area contributed by atoms with Crippen LogP contribution in [0.1, 0.15) is 10.4 Å². The fraction of sp³-hybridized carbons (Fsp3) is 0.0909. The molecule has 1 radical (unpaired) electrons. The molecule has 0 unspecified atom stereocenters. The predicted molar refractivity (Wildman–Crippen MR) is 51.9 cm³/mol. The SMILES string of the molecule is COC(=O)c1[c]c2ccccc2nc1. The highest BCUT2D eigenvalue weighted by molar-refractivity contribution is 5.92. The van der Waals surface area contributed by atoms with Crippen molar-refractivity contribution in [1.29, 1.82) is 0 Å². The number of carbonyl (C=O) groups excluding carboxylic acids is 1. The fourth-order valence-electron chi connectivity index (χ4n) is 1.22. The van der Waals surface area contributed by atoms with Crippen LogP contribution < -0.4 is 0 Å². The first-order chi connectivity index (χ1) is 6.81. The van der Waals surface area contributed by atoms with E-state index in [0.717, 1.165) is 10.9 Å². The van der Waals surface area contributed by atoms with Crippen LogP contribution in [0, 0.1) is 6.07 Å². The van der Waals surface area contributed by atoms with E-state index in [1.54, 1.807) is 0 Å². The number of benzene rings is 1. The maximum Gasteiger partial charge on any atom is 0.340 e. The molecule has 3 heteroatoms. The highest BCUT2D eigenvalue weighted by atomic mass is 16.5. The second-order valence-electron chi connectivity index (χ2n) is 2.81. The average molecular weight is 186 g/mol. The van der Waals surface area contributed by atoms with Gasteiger partial charge in [0.25, 0.3) is 0 Å². The number of fused-ring (bicyclic) bond motifs is 1. The van der Waals surface area contributed by atoms with Crippen molar-refractivity contribution in [3.8, 4) is 0 Å². The van der Waals surface area contributed by atoms with Crippen molar-refractivity contribution in [1.82, 2.24) is 4.98 Å². The van der Waals surface area contributed by atoms with E-state index in [0.29, 0.717) is 5.56 Å². The fourth-order valence-corrected chi connectivity index (χ4v) is 1.22. The van der Waals surface area contributed by atoms with Crippen molar-refractivity contribution >= 4 is 16.9 Å². The molecule has 0 saturated heterocycles. The number of para-hydroxylation sites is 1. The van der Waals surface area contributed by atoms with Gasteiger partial charge in [0.05, 0.1) is 18.2 Å². The number of hydrogen-bond donors (Lipinski definition) is 0. The number of esters is 1. The van der Waals surface area contributed by atoms with Crippen LogP contribution in [-0.4, -0.2) is 18.1 Å². The molecule has 0 aliphatic carbocycles. The third-order valence-electron chi connectivity index (χ3n) is 1.91. The van der Waals surface area contributed by atoms with Crippen LogP contribution >= 0.6 is 0 Å². The number of aromatic nitrogens is 1. The van der Waals surface area contributed by atoms with Gasteiger partial charge in [0.15, 0.2) is 0 Å². The number of methoxy groups -OCH3 is 1. The Labute approximate surface area is 81.3 Å². The van der Waals surface area contributed by atoms with Gasteiger partial charge in [-0.15, -0.1) is 0 Å². The minimum atomic E-state index is -0.414. The monoisotopic (exact) mass is 186 g/mol. The summed E-state index contributed by atoms with van der Waals surface area (Å²) < 4.78 is 4.57. The Hall–Kier alpha value is -1.90. The second-order valence-corrected chi connectivity index (χ2v) is 2.81. The summed E-state index contributed by atoms with van der Waals surface area (Å²) in [6, 6.07) is 10.4. The molecule has 1 aromatic carbocycles. The summed E-state index contributed by atoms with van der Waals surface area (Å²) >= 11 is 0. The quantitative estimate of drug-likeness (QED) is 0.638. The van der Waals surface area contributed by atoms with Gasteiger partial charge in [0, 0.05) is 17.6 Å². The van der Waals surface area contributed by atoms with Gasteiger partial charge in [-0.25, -0.2) is 4.79 Å². The van der Waals surface area contributed by atoms with Crippen LogP contribution in [0.25, 0.3) is 10.9 Å². The van der Waals surface area contributed by atoms with E-state index >= 15 is 0 Å². The molecule has 2 rings (SSSR count). The van der Waals surface area contributed by atoms with Crippen molar-refractivity contribution in [2.24, 2.45) is 0 Å². The van der Waals surface area contributed by atoms with E-state index in [-0.39, 0.29) is 0 Å². The Morgan fingerprint density at radius 1 is 1.43 bits per heavy atom. The van der Waals surface area contributed by atoms with Gasteiger partial charge in [-0.05, 0) is 6.07 Å². The van der Waals surface area contributed by atoms with Crippen LogP contribution in [0.5, 0.6) is 0 Å². The molecule has 0 fully saturated rings. The molecule has 3 nitrogen and oxygen atoms in total. The van der Waals surface area contributed by atoms with Crippen LogP contribution in [0.2, 0.25) is 0 Å². The first-order valence-electron chi connectivity index (χ1n) is 4.16. The summed E-state index contributed by atoms with van der Waals surface area (Å²) in [7, 11) is 1.34. The molecule has 0 amide bonds. The summed E-state index contributed by atoms with van der Waals surface area (Å²) in [5.41, 5.74) is 1.17. The lowest BCUT2D eigenvalue weighted by Crippen LogP contribution is -2.01. The largest absolute Gasteiger partial charge is 0.465 e. The van der Waals surface area contributed by atoms with Gasteiger partial charge in [-0.2, -0.15) is 0 Å². The third kappa shape index (κ3) is 1.44. The standard InChI is InChI=1S/C11H8NO2/c1-14-11(13)9-6-8-4-2-3-5-10(8)12-7-9/h2-5,7H,1H3. The molecule has 1 heterocycles. The molecule has 0 aliphatic rings. The zero-order chi connectivity index (χ0) is 9.97. The minimum absolute atomic E-state index is 0.353. The van der Waals surface area contributed by atoms with Crippen molar-refractivity contribution in [3.63, 3.8) is 0 Å². The van der Waals surface area contributed by atoms with Gasteiger partial charge < -0.3 is 4.74 Å². The van der Waals surface area contributed by atoms with Crippen molar-refractivity contribution < 1.29 is 9.53 Å². The van der Waals surface area contributed by atoms with E-state index < -0.39 is 5.97 Å². The molecule has 69 valence electrons. The van der Waals surface area contributed by atoms with Crippen LogP contribution in [0.4, 0.5) is 0 Å². The molecule has 1 aromatic heterocycles. The van der Waals surface area contributed by atoms with Crippen LogP contribution in [0.3, 0.4) is 0 Å². The lowest BCUT2D eigenvalue weighted by molar-refractivity contribution is 0.0600. The van der Waals surface area contributed by atoms with Gasteiger partial charge in [-0.3, -0.25) is 4.98 Å². The number of rotatable bonds is 1. The summed E-state index contributed by atoms with van der Waals surface area (Å²) in [6.45, 7) is 0. The molecule has 2 aromatic rings. The van der Waals surface area contributed by atoms with Gasteiger partial charge in [0.1, 0.15) is 0 Å². The third-order valence-corrected chi connectivity index (χ3v) is 1.91. The maximum atomic E-state index is 11.2. The van der Waals surface area contributed by atoms with Crippen LogP contribution in [0.15, 0.2) is 30.5 Å².